The predicted octanol–water partition coefficient (Wildman–Crippen LogP) is 5.65. The van der Waals surface area contributed by atoms with E-state index in [1.165, 1.54) is 16.7 Å². The van der Waals surface area contributed by atoms with Crippen LogP contribution >= 0.6 is 0 Å². The van der Waals surface area contributed by atoms with E-state index in [0.717, 1.165) is 34.7 Å². The van der Waals surface area contributed by atoms with Crippen LogP contribution in [0.15, 0.2) is 78.9 Å². The average molecular weight is 354 g/mol. The number of aromatic nitrogens is 2. The van der Waals surface area contributed by atoms with Crippen LogP contribution in [0.1, 0.15) is 16.7 Å². The van der Waals surface area contributed by atoms with E-state index in [1.807, 2.05) is 18.2 Å². The number of H-pyrrole nitrogens is 1. The van der Waals surface area contributed by atoms with Gasteiger partial charge in [0.1, 0.15) is 5.75 Å². The van der Waals surface area contributed by atoms with Crippen LogP contribution in [-0.4, -0.2) is 17.3 Å². The molecule has 3 nitrogen and oxygen atoms in total. The average Bonchev–Trinajstić information content (AvgIpc) is 3.13. The molecule has 0 fully saturated rings. The van der Waals surface area contributed by atoms with Gasteiger partial charge in [-0.15, -0.1) is 0 Å². The van der Waals surface area contributed by atoms with E-state index in [0.29, 0.717) is 0 Å². The zero-order chi connectivity index (χ0) is 18.6. The summed E-state index contributed by atoms with van der Waals surface area (Å²) >= 11 is 0. The second kappa shape index (κ2) is 7.50. The number of methoxy groups -OCH3 is 1. The second-order valence-electron chi connectivity index (χ2n) is 6.68. The summed E-state index contributed by atoms with van der Waals surface area (Å²) in [5, 5.41) is 7.95. The van der Waals surface area contributed by atoms with Crippen LogP contribution in [0.2, 0.25) is 0 Å². The zero-order valence-corrected chi connectivity index (χ0v) is 15.6. The molecule has 0 aliphatic carbocycles. The lowest BCUT2D eigenvalue weighted by atomic mass is 9.96. The van der Waals surface area contributed by atoms with Crippen molar-refractivity contribution in [2.24, 2.45) is 0 Å². The fraction of sp³-hybridized carbons (Fsp3) is 0.125. The van der Waals surface area contributed by atoms with Gasteiger partial charge < -0.3 is 4.74 Å². The summed E-state index contributed by atoms with van der Waals surface area (Å²) < 4.78 is 5.29. The molecular weight excluding hydrogens is 332 g/mol. The Morgan fingerprint density at radius 1 is 0.815 bits per heavy atom. The van der Waals surface area contributed by atoms with Crippen LogP contribution in [0.4, 0.5) is 0 Å². The van der Waals surface area contributed by atoms with Crippen molar-refractivity contribution in [3.63, 3.8) is 0 Å². The first kappa shape index (κ1) is 17.1. The van der Waals surface area contributed by atoms with Gasteiger partial charge in [0.2, 0.25) is 0 Å². The maximum absolute atomic E-state index is 5.29. The first-order chi connectivity index (χ1) is 13.2. The molecule has 0 unspecified atom stereocenters. The third-order valence-corrected chi connectivity index (χ3v) is 4.79. The molecule has 4 rings (SSSR count). The molecule has 0 atom stereocenters. The van der Waals surface area contributed by atoms with Crippen molar-refractivity contribution in [2.45, 2.75) is 13.3 Å². The van der Waals surface area contributed by atoms with Gasteiger partial charge in [0.05, 0.1) is 18.5 Å². The predicted molar refractivity (Wildman–Crippen MR) is 110 cm³/mol. The fourth-order valence-corrected chi connectivity index (χ4v) is 3.28. The van der Waals surface area contributed by atoms with Crippen LogP contribution in [0.25, 0.3) is 22.5 Å². The molecule has 0 amide bonds. The van der Waals surface area contributed by atoms with Gasteiger partial charge in [-0.3, -0.25) is 5.10 Å². The molecule has 3 heteroatoms. The van der Waals surface area contributed by atoms with Gasteiger partial charge in [-0.1, -0.05) is 60.2 Å². The largest absolute Gasteiger partial charge is 0.497 e. The Morgan fingerprint density at radius 3 is 2.15 bits per heavy atom. The molecule has 0 aliphatic rings. The summed E-state index contributed by atoms with van der Waals surface area (Å²) in [4.78, 5) is 0. The van der Waals surface area contributed by atoms with E-state index in [-0.39, 0.29) is 0 Å². The Kier molecular flexibility index (Phi) is 4.75. The Hall–Kier alpha value is -3.33. The minimum atomic E-state index is 0.821. The van der Waals surface area contributed by atoms with Crippen LogP contribution < -0.4 is 4.74 Å². The number of aromatic amines is 1. The summed E-state index contributed by atoms with van der Waals surface area (Å²) in [5.41, 5.74) is 8.01. The highest BCUT2D eigenvalue weighted by atomic mass is 16.5. The minimum Gasteiger partial charge on any atom is -0.497 e. The standard InChI is InChI=1S/C24H22N2O/c1-17-8-10-19(11-9-17)23-22(16-18-6-4-3-5-7-18)24(26-25-23)20-12-14-21(27-2)15-13-20/h3-15H,16H2,1-2H3,(H,25,26). The summed E-state index contributed by atoms with van der Waals surface area (Å²) in [7, 11) is 1.68. The maximum Gasteiger partial charge on any atom is 0.118 e. The Labute approximate surface area is 159 Å². The SMILES string of the molecule is COc1ccc(-c2n[nH]c(-c3ccc(C)cc3)c2Cc2ccccc2)cc1. The van der Waals surface area contributed by atoms with E-state index >= 15 is 0 Å². The highest BCUT2D eigenvalue weighted by Crippen LogP contribution is 2.33. The molecule has 0 saturated heterocycles. The van der Waals surface area contributed by atoms with Gasteiger partial charge in [-0.25, -0.2) is 0 Å². The number of hydrogen-bond acceptors (Lipinski definition) is 2. The molecule has 0 saturated carbocycles. The number of rotatable bonds is 5. The molecule has 1 N–H and O–H groups in total. The summed E-state index contributed by atoms with van der Waals surface area (Å²) in [6, 6.07) is 27.1. The number of aryl methyl sites for hydroxylation is 1. The van der Waals surface area contributed by atoms with Crippen molar-refractivity contribution < 1.29 is 4.74 Å². The van der Waals surface area contributed by atoms with Gasteiger partial charge in [0.25, 0.3) is 0 Å². The zero-order valence-electron chi connectivity index (χ0n) is 15.6. The highest BCUT2D eigenvalue weighted by Gasteiger charge is 2.17. The lowest BCUT2D eigenvalue weighted by Gasteiger charge is -2.08. The molecule has 1 aromatic heterocycles. The first-order valence-corrected chi connectivity index (χ1v) is 9.07. The van der Waals surface area contributed by atoms with Crippen LogP contribution in [0.3, 0.4) is 0 Å². The Bertz CT molecular complexity index is 1020. The van der Waals surface area contributed by atoms with Crippen molar-refractivity contribution in [1.29, 1.82) is 0 Å². The third kappa shape index (κ3) is 3.63. The van der Waals surface area contributed by atoms with Gasteiger partial charge in [0.15, 0.2) is 0 Å². The summed E-state index contributed by atoms with van der Waals surface area (Å²) in [6.07, 6.45) is 0.821. The van der Waals surface area contributed by atoms with E-state index < -0.39 is 0 Å². The topological polar surface area (TPSA) is 37.9 Å². The van der Waals surface area contributed by atoms with E-state index in [4.69, 9.17) is 4.74 Å². The van der Waals surface area contributed by atoms with Crippen molar-refractivity contribution in [2.75, 3.05) is 7.11 Å². The molecule has 1 heterocycles. The molecule has 27 heavy (non-hydrogen) atoms. The summed E-state index contributed by atoms with van der Waals surface area (Å²) in [5.74, 6) is 0.845. The van der Waals surface area contributed by atoms with Crippen molar-refractivity contribution in [1.82, 2.24) is 10.2 Å². The lowest BCUT2D eigenvalue weighted by Crippen LogP contribution is -1.93. The van der Waals surface area contributed by atoms with Crippen LogP contribution in [0, 0.1) is 6.92 Å². The van der Waals surface area contributed by atoms with Crippen molar-refractivity contribution in [3.05, 3.63) is 95.6 Å². The molecule has 0 radical (unpaired) electrons. The molecule has 134 valence electrons. The van der Waals surface area contributed by atoms with Gasteiger partial charge in [-0.2, -0.15) is 5.10 Å². The van der Waals surface area contributed by atoms with Gasteiger partial charge in [0, 0.05) is 17.5 Å². The highest BCUT2D eigenvalue weighted by molar-refractivity contribution is 5.75. The van der Waals surface area contributed by atoms with Crippen LogP contribution in [0.5, 0.6) is 5.75 Å². The van der Waals surface area contributed by atoms with E-state index in [9.17, 15) is 0 Å². The first-order valence-electron chi connectivity index (χ1n) is 9.07. The van der Waals surface area contributed by atoms with Crippen molar-refractivity contribution >= 4 is 0 Å². The van der Waals surface area contributed by atoms with Crippen LogP contribution in [-0.2, 0) is 6.42 Å². The van der Waals surface area contributed by atoms with Crippen molar-refractivity contribution in [3.8, 4) is 28.3 Å². The Balaban J connectivity index is 1.81. The quantitative estimate of drug-likeness (QED) is 0.503. The Morgan fingerprint density at radius 2 is 1.48 bits per heavy atom. The third-order valence-electron chi connectivity index (χ3n) is 4.79. The second-order valence-corrected chi connectivity index (χ2v) is 6.68. The normalized spacial score (nSPS) is 10.7. The number of nitrogens with zero attached hydrogens (tertiary/aromatic N) is 1. The molecule has 0 bridgehead atoms. The van der Waals surface area contributed by atoms with E-state index in [1.54, 1.807) is 7.11 Å². The number of hydrogen-bond donors (Lipinski definition) is 1. The molecule has 4 aromatic rings. The minimum absolute atomic E-state index is 0.821. The van der Waals surface area contributed by atoms with E-state index in [2.05, 4.69) is 77.8 Å². The van der Waals surface area contributed by atoms with Gasteiger partial charge in [-0.05, 0) is 42.3 Å². The maximum atomic E-state index is 5.29. The fourth-order valence-electron chi connectivity index (χ4n) is 3.28. The molecule has 0 spiro atoms. The monoisotopic (exact) mass is 354 g/mol. The molecule has 3 aromatic carbocycles. The number of ether oxygens (including phenoxy) is 1. The summed E-state index contributed by atoms with van der Waals surface area (Å²) in [6.45, 7) is 2.10. The van der Waals surface area contributed by atoms with Gasteiger partial charge >= 0.3 is 0 Å². The number of nitrogens with one attached hydrogen (secondary N) is 1. The molecule has 0 aliphatic heterocycles. The molecular formula is C24H22N2O. The smallest absolute Gasteiger partial charge is 0.118 e. The lowest BCUT2D eigenvalue weighted by molar-refractivity contribution is 0.415. The number of benzene rings is 3.